The number of aryl methyl sites for hydroxylation is 1. The molecular weight excluding hydrogens is 290 g/mol. The van der Waals surface area contributed by atoms with Crippen LogP contribution >= 0.6 is 0 Å². The summed E-state index contributed by atoms with van der Waals surface area (Å²) < 4.78 is 1.71. The van der Waals surface area contributed by atoms with E-state index in [4.69, 9.17) is 0 Å². The lowest BCUT2D eigenvalue weighted by Crippen LogP contribution is -2.29. The highest BCUT2D eigenvalue weighted by Gasteiger charge is 2.10. The average Bonchev–Trinajstić information content (AvgIpc) is 3.11. The summed E-state index contributed by atoms with van der Waals surface area (Å²) in [6, 6.07) is 15.6. The minimum Gasteiger partial charge on any atom is -0.387 e. The first-order valence-electron chi connectivity index (χ1n) is 7.63. The van der Waals surface area contributed by atoms with Crippen LogP contribution in [0.3, 0.4) is 0 Å². The Labute approximate surface area is 134 Å². The molecular formula is C18H19N3O2. The number of carbonyl (C=O) groups excluding carboxylic acids is 1. The van der Waals surface area contributed by atoms with Crippen molar-refractivity contribution < 1.29 is 9.90 Å². The summed E-state index contributed by atoms with van der Waals surface area (Å²) in [5.41, 5.74) is 0.802. The second kappa shape index (κ2) is 7.07. The lowest BCUT2D eigenvalue weighted by atomic mass is 10.0. The van der Waals surface area contributed by atoms with Crippen LogP contribution in [0.5, 0.6) is 0 Å². The highest BCUT2D eigenvalue weighted by Crippen LogP contribution is 2.20. The van der Waals surface area contributed by atoms with E-state index in [2.05, 4.69) is 10.4 Å². The number of fused-ring (bicyclic) bond motifs is 1. The van der Waals surface area contributed by atoms with Crippen LogP contribution in [0.2, 0.25) is 0 Å². The zero-order valence-corrected chi connectivity index (χ0v) is 12.7. The molecule has 1 aromatic heterocycles. The molecule has 5 nitrogen and oxygen atoms in total. The first-order valence-corrected chi connectivity index (χ1v) is 7.63. The predicted octanol–water partition coefficient (Wildman–Crippen LogP) is 2.28. The molecule has 1 unspecified atom stereocenters. The minimum absolute atomic E-state index is 0.0969. The molecule has 0 saturated heterocycles. The molecule has 0 aliphatic heterocycles. The fourth-order valence-electron chi connectivity index (χ4n) is 2.48. The van der Waals surface area contributed by atoms with Crippen molar-refractivity contribution >= 4 is 16.7 Å². The molecule has 0 aliphatic carbocycles. The van der Waals surface area contributed by atoms with E-state index in [1.807, 2.05) is 54.7 Å². The summed E-state index contributed by atoms with van der Waals surface area (Å²) in [6.07, 6.45) is 3.12. The van der Waals surface area contributed by atoms with E-state index in [1.165, 1.54) is 0 Å². The Morgan fingerprint density at radius 2 is 2.00 bits per heavy atom. The molecule has 2 N–H and O–H groups in total. The standard InChI is InChI=1S/C18H19N3O2/c22-17(13-19-18(23)8-11-21-10-3-9-20-21)16-7-6-14-4-1-2-5-15(14)12-16/h1-7,9-10,12,17,22H,8,11,13H2,(H,19,23). The van der Waals surface area contributed by atoms with Gasteiger partial charge in [0.1, 0.15) is 0 Å². The van der Waals surface area contributed by atoms with E-state index < -0.39 is 6.10 Å². The molecule has 0 radical (unpaired) electrons. The van der Waals surface area contributed by atoms with Crippen LogP contribution in [0.4, 0.5) is 0 Å². The normalized spacial score (nSPS) is 12.2. The summed E-state index contributed by atoms with van der Waals surface area (Å²) >= 11 is 0. The fourth-order valence-corrected chi connectivity index (χ4v) is 2.48. The third kappa shape index (κ3) is 3.96. The molecule has 0 spiro atoms. The van der Waals surface area contributed by atoms with Crippen LogP contribution in [0.1, 0.15) is 18.1 Å². The lowest BCUT2D eigenvalue weighted by molar-refractivity contribution is -0.121. The van der Waals surface area contributed by atoms with E-state index in [1.54, 1.807) is 10.9 Å². The van der Waals surface area contributed by atoms with Gasteiger partial charge in [-0.2, -0.15) is 5.10 Å². The number of amides is 1. The van der Waals surface area contributed by atoms with Gasteiger partial charge >= 0.3 is 0 Å². The molecule has 1 heterocycles. The third-order valence-corrected chi connectivity index (χ3v) is 3.78. The first-order chi connectivity index (χ1) is 11.2. The number of aromatic nitrogens is 2. The number of benzene rings is 2. The topological polar surface area (TPSA) is 67.2 Å². The number of aliphatic hydroxyl groups is 1. The van der Waals surface area contributed by atoms with Crippen molar-refractivity contribution in [1.29, 1.82) is 0 Å². The highest BCUT2D eigenvalue weighted by atomic mass is 16.3. The van der Waals surface area contributed by atoms with Crippen molar-refractivity contribution in [3.05, 3.63) is 66.5 Å². The van der Waals surface area contributed by atoms with E-state index in [9.17, 15) is 9.90 Å². The average molecular weight is 309 g/mol. The quantitative estimate of drug-likeness (QED) is 0.734. The van der Waals surface area contributed by atoms with Gasteiger partial charge in [-0.05, 0) is 28.5 Å². The maximum atomic E-state index is 11.8. The number of hydrogen-bond acceptors (Lipinski definition) is 3. The molecule has 23 heavy (non-hydrogen) atoms. The second-order valence-electron chi connectivity index (χ2n) is 5.45. The van der Waals surface area contributed by atoms with Crippen molar-refractivity contribution in [2.75, 3.05) is 6.54 Å². The molecule has 5 heteroatoms. The van der Waals surface area contributed by atoms with Gasteiger partial charge in [-0.3, -0.25) is 9.48 Å². The Kier molecular flexibility index (Phi) is 4.68. The molecule has 3 aromatic rings. The largest absolute Gasteiger partial charge is 0.387 e. The summed E-state index contributed by atoms with van der Waals surface area (Å²) in [5.74, 6) is -0.0969. The van der Waals surface area contributed by atoms with Gasteiger partial charge in [-0.1, -0.05) is 36.4 Å². The number of hydrogen-bond donors (Lipinski definition) is 2. The molecule has 0 fully saturated rings. The van der Waals surface area contributed by atoms with Crippen molar-refractivity contribution in [2.24, 2.45) is 0 Å². The number of rotatable bonds is 6. The Morgan fingerprint density at radius 1 is 1.17 bits per heavy atom. The SMILES string of the molecule is O=C(CCn1cccn1)NCC(O)c1ccc2ccccc2c1. The van der Waals surface area contributed by atoms with Crippen molar-refractivity contribution in [1.82, 2.24) is 15.1 Å². The van der Waals surface area contributed by atoms with Crippen LogP contribution in [0.15, 0.2) is 60.9 Å². The van der Waals surface area contributed by atoms with Gasteiger partial charge in [0.25, 0.3) is 0 Å². The van der Waals surface area contributed by atoms with Gasteiger partial charge in [-0.25, -0.2) is 0 Å². The molecule has 3 rings (SSSR count). The van der Waals surface area contributed by atoms with Gasteiger partial charge in [0.05, 0.1) is 6.10 Å². The summed E-state index contributed by atoms with van der Waals surface area (Å²) in [4.78, 5) is 11.8. The van der Waals surface area contributed by atoms with Crippen molar-refractivity contribution in [3.63, 3.8) is 0 Å². The Morgan fingerprint density at radius 3 is 2.78 bits per heavy atom. The predicted molar refractivity (Wildman–Crippen MR) is 88.8 cm³/mol. The molecule has 118 valence electrons. The van der Waals surface area contributed by atoms with Gasteiger partial charge < -0.3 is 10.4 Å². The smallest absolute Gasteiger partial charge is 0.221 e. The second-order valence-corrected chi connectivity index (χ2v) is 5.45. The van der Waals surface area contributed by atoms with Gasteiger partial charge in [0.2, 0.25) is 5.91 Å². The van der Waals surface area contributed by atoms with Crippen LogP contribution < -0.4 is 5.32 Å². The Bertz CT molecular complexity index is 784. The summed E-state index contributed by atoms with van der Waals surface area (Å²) in [6.45, 7) is 0.737. The molecule has 0 saturated carbocycles. The van der Waals surface area contributed by atoms with E-state index in [-0.39, 0.29) is 12.5 Å². The number of aliphatic hydroxyl groups excluding tert-OH is 1. The first kappa shape index (κ1) is 15.2. The molecule has 1 amide bonds. The number of nitrogens with zero attached hydrogens (tertiary/aromatic N) is 2. The third-order valence-electron chi connectivity index (χ3n) is 3.78. The lowest BCUT2D eigenvalue weighted by Gasteiger charge is -2.13. The molecule has 0 aliphatic rings. The van der Waals surface area contributed by atoms with Crippen molar-refractivity contribution in [2.45, 2.75) is 19.1 Å². The van der Waals surface area contributed by atoms with Crippen LogP contribution in [0, 0.1) is 0 Å². The zero-order valence-electron chi connectivity index (χ0n) is 12.7. The van der Waals surface area contributed by atoms with Crippen molar-refractivity contribution in [3.8, 4) is 0 Å². The van der Waals surface area contributed by atoms with E-state index >= 15 is 0 Å². The van der Waals surface area contributed by atoms with Crippen LogP contribution in [0.25, 0.3) is 10.8 Å². The van der Waals surface area contributed by atoms with E-state index in [0.717, 1.165) is 16.3 Å². The highest BCUT2D eigenvalue weighted by molar-refractivity contribution is 5.83. The van der Waals surface area contributed by atoms with Crippen LogP contribution in [-0.4, -0.2) is 27.3 Å². The molecule has 0 bridgehead atoms. The monoisotopic (exact) mass is 309 g/mol. The summed E-state index contributed by atoms with van der Waals surface area (Å²) in [7, 11) is 0. The maximum absolute atomic E-state index is 11.8. The fraction of sp³-hybridized carbons (Fsp3) is 0.222. The maximum Gasteiger partial charge on any atom is 0.221 e. The van der Waals surface area contributed by atoms with Crippen LogP contribution in [-0.2, 0) is 11.3 Å². The van der Waals surface area contributed by atoms with Gasteiger partial charge in [-0.15, -0.1) is 0 Å². The molecule has 1 atom stereocenters. The summed E-state index contributed by atoms with van der Waals surface area (Å²) in [5, 5.41) is 19.3. The Hall–Kier alpha value is -2.66. The Balaban J connectivity index is 1.53. The van der Waals surface area contributed by atoms with Gasteiger partial charge in [0, 0.05) is 31.9 Å². The molecule has 2 aromatic carbocycles. The minimum atomic E-state index is -0.715. The van der Waals surface area contributed by atoms with Gasteiger partial charge in [0.15, 0.2) is 0 Å². The zero-order chi connectivity index (χ0) is 16.1. The number of carbonyl (C=O) groups is 1. The van der Waals surface area contributed by atoms with E-state index in [0.29, 0.717) is 13.0 Å². The number of nitrogens with one attached hydrogen (secondary N) is 1.